The van der Waals surface area contributed by atoms with Crippen LogP contribution in [0.5, 0.6) is 0 Å². The van der Waals surface area contributed by atoms with E-state index in [0.29, 0.717) is 0 Å². The quantitative estimate of drug-likeness (QED) is 0.292. The molecule has 0 aromatic carbocycles. The lowest BCUT2D eigenvalue weighted by molar-refractivity contribution is -0.234. The van der Waals surface area contributed by atoms with Crippen molar-refractivity contribution >= 4 is 23.9 Å². The molecule has 1 rings (SSSR count). The zero-order valence-electron chi connectivity index (χ0n) is 6.68. The number of hydrogen-bond donors (Lipinski definition) is 4. The van der Waals surface area contributed by atoms with Gasteiger partial charge in [0, 0.05) is 0 Å². The van der Waals surface area contributed by atoms with Gasteiger partial charge in [0.1, 0.15) is 5.84 Å². The molecule has 1 atom stereocenters. The van der Waals surface area contributed by atoms with Gasteiger partial charge in [0.25, 0.3) is 0 Å². The highest BCUT2D eigenvalue weighted by Crippen LogP contribution is 1.99. The minimum Gasteiger partial charge on any atom is -0.351 e. The summed E-state index contributed by atoms with van der Waals surface area (Å²) in [6.45, 7) is 0. The first-order valence-corrected chi connectivity index (χ1v) is 3.35. The lowest BCUT2D eigenvalue weighted by atomic mass is 10.3. The predicted octanol–water partition coefficient (Wildman–Crippen LogP) is -1.84. The number of rotatable bonds is 1. The summed E-state index contributed by atoms with van der Waals surface area (Å²) in [7, 11) is 0. The molecular formula is C5H6N4O5. The Hall–Kier alpha value is -2.16. The summed E-state index contributed by atoms with van der Waals surface area (Å²) in [6, 6.07) is -3.18. The smallest absolute Gasteiger partial charge is 0.351 e. The van der Waals surface area contributed by atoms with Crippen molar-refractivity contribution < 1.29 is 24.5 Å². The van der Waals surface area contributed by atoms with Gasteiger partial charge in [-0.15, -0.1) is 0 Å². The molecule has 0 saturated heterocycles. The number of nitrogens with zero attached hydrogens (tertiary/aromatic N) is 1. The van der Waals surface area contributed by atoms with Gasteiger partial charge in [0.15, 0.2) is 6.04 Å². The van der Waals surface area contributed by atoms with Gasteiger partial charge < -0.3 is 11.1 Å². The topological polar surface area (TPSA) is 143 Å². The molecule has 9 heteroatoms. The second-order valence-electron chi connectivity index (χ2n) is 2.28. The summed E-state index contributed by atoms with van der Waals surface area (Å²) in [4.78, 5) is 38.5. The molecule has 0 aliphatic carbocycles. The average Bonchev–Trinajstić information content (AvgIpc) is 2.44. The molecule has 1 heterocycles. The van der Waals surface area contributed by atoms with Crippen LogP contribution in [-0.4, -0.2) is 35.2 Å². The van der Waals surface area contributed by atoms with E-state index in [-0.39, 0.29) is 5.84 Å². The summed E-state index contributed by atoms with van der Waals surface area (Å²) in [5.41, 5.74) is 4.74. The fourth-order valence-electron chi connectivity index (χ4n) is 0.848. The van der Waals surface area contributed by atoms with Crippen molar-refractivity contribution in [1.29, 1.82) is 0 Å². The van der Waals surface area contributed by atoms with Gasteiger partial charge in [-0.3, -0.25) is 10.2 Å². The van der Waals surface area contributed by atoms with Crippen molar-refractivity contribution in [2.75, 3.05) is 0 Å². The van der Waals surface area contributed by atoms with Crippen molar-refractivity contribution in [3.8, 4) is 0 Å². The van der Waals surface area contributed by atoms with Gasteiger partial charge >= 0.3 is 18.0 Å². The second-order valence-corrected chi connectivity index (χ2v) is 2.28. The lowest BCUT2D eigenvalue weighted by Crippen LogP contribution is -2.48. The number of nitrogens with two attached hydrogens (primary N) is 1. The summed E-state index contributed by atoms with van der Waals surface area (Å²) in [5.74, 6) is -1.50. The van der Waals surface area contributed by atoms with E-state index in [2.05, 4.69) is 9.88 Å². The van der Waals surface area contributed by atoms with Crippen molar-refractivity contribution in [1.82, 2.24) is 10.6 Å². The van der Waals surface area contributed by atoms with Crippen LogP contribution in [0.4, 0.5) is 9.59 Å². The molecule has 14 heavy (non-hydrogen) atoms. The van der Waals surface area contributed by atoms with E-state index in [0.717, 1.165) is 0 Å². The van der Waals surface area contributed by atoms with Crippen molar-refractivity contribution in [2.24, 2.45) is 10.7 Å². The van der Waals surface area contributed by atoms with Gasteiger partial charge in [-0.05, 0) is 0 Å². The Bertz CT molecular complexity index is 324. The van der Waals surface area contributed by atoms with Crippen molar-refractivity contribution in [2.45, 2.75) is 6.04 Å². The number of nitrogens with one attached hydrogen (secondary N) is 2. The van der Waals surface area contributed by atoms with Crippen LogP contribution >= 0.6 is 0 Å². The molecule has 1 aliphatic rings. The maximum atomic E-state index is 10.8. The number of aliphatic imine (C=N–C) groups is 1. The van der Waals surface area contributed by atoms with E-state index in [9.17, 15) is 14.4 Å². The molecule has 1 aliphatic heterocycles. The van der Waals surface area contributed by atoms with Gasteiger partial charge in [-0.1, -0.05) is 0 Å². The SMILES string of the molecule is NC(=O)NC1=NC(=O)NC1C(=O)OO. The van der Waals surface area contributed by atoms with Gasteiger partial charge in [-0.2, -0.15) is 10.2 Å². The largest absolute Gasteiger partial charge is 0.371 e. The highest BCUT2D eigenvalue weighted by Gasteiger charge is 2.34. The third kappa shape index (κ3) is 1.95. The van der Waals surface area contributed by atoms with Gasteiger partial charge in [0.05, 0.1) is 0 Å². The first kappa shape index (κ1) is 9.92. The minimum absolute atomic E-state index is 0.318. The number of urea groups is 2. The number of carbonyl (C=O) groups excluding carboxylic acids is 3. The Morgan fingerprint density at radius 3 is 2.79 bits per heavy atom. The number of amidine groups is 1. The van der Waals surface area contributed by atoms with Crippen LogP contribution in [0.2, 0.25) is 0 Å². The molecule has 0 saturated carbocycles. The molecule has 76 valence electrons. The summed E-state index contributed by atoms with van der Waals surface area (Å²) >= 11 is 0. The van der Waals surface area contributed by atoms with Crippen LogP contribution in [0.25, 0.3) is 0 Å². The minimum atomic E-state index is -1.35. The molecule has 4 amide bonds. The monoisotopic (exact) mass is 202 g/mol. The Kier molecular flexibility index (Phi) is 2.62. The van der Waals surface area contributed by atoms with Crippen molar-refractivity contribution in [3.05, 3.63) is 0 Å². The molecular weight excluding hydrogens is 196 g/mol. The third-order valence-electron chi connectivity index (χ3n) is 1.34. The Morgan fingerprint density at radius 1 is 1.64 bits per heavy atom. The molecule has 0 bridgehead atoms. The number of hydrogen-bond acceptors (Lipinski definition) is 5. The van der Waals surface area contributed by atoms with Crippen LogP contribution in [-0.2, 0) is 9.68 Å². The third-order valence-corrected chi connectivity index (χ3v) is 1.34. The van der Waals surface area contributed by atoms with Crippen LogP contribution in [0.1, 0.15) is 0 Å². The highest BCUT2D eigenvalue weighted by atomic mass is 17.1. The summed E-state index contributed by atoms with van der Waals surface area (Å²) < 4.78 is 0. The summed E-state index contributed by atoms with van der Waals surface area (Å²) in [5, 5.41) is 12.0. The predicted molar refractivity (Wildman–Crippen MR) is 41.2 cm³/mol. The summed E-state index contributed by atoms with van der Waals surface area (Å²) in [6.07, 6.45) is 0. The second kappa shape index (κ2) is 3.70. The van der Waals surface area contributed by atoms with Crippen LogP contribution in [0.15, 0.2) is 4.99 Å². The van der Waals surface area contributed by atoms with E-state index in [1.54, 1.807) is 0 Å². The fraction of sp³-hybridized carbons (Fsp3) is 0.200. The van der Waals surface area contributed by atoms with Crippen LogP contribution < -0.4 is 16.4 Å². The van der Waals surface area contributed by atoms with Crippen molar-refractivity contribution in [3.63, 3.8) is 0 Å². The molecule has 0 spiro atoms. The van der Waals surface area contributed by atoms with Crippen LogP contribution in [0, 0.1) is 0 Å². The zero-order valence-corrected chi connectivity index (χ0v) is 6.68. The van der Waals surface area contributed by atoms with E-state index in [1.807, 2.05) is 10.6 Å². The maximum absolute atomic E-state index is 10.8. The Balaban J connectivity index is 2.78. The lowest BCUT2D eigenvalue weighted by Gasteiger charge is -2.08. The molecule has 0 aromatic heterocycles. The molecule has 5 N–H and O–H groups in total. The Morgan fingerprint density at radius 2 is 2.29 bits per heavy atom. The highest BCUT2D eigenvalue weighted by molar-refractivity contribution is 6.18. The van der Waals surface area contributed by atoms with Gasteiger partial charge in [-0.25, -0.2) is 14.4 Å². The fourth-order valence-corrected chi connectivity index (χ4v) is 0.848. The van der Waals surface area contributed by atoms with Gasteiger partial charge in [0.2, 0.25) is 0 Å². The Labute approximate surface area is 76.8 Å². The normalized spacial score (nSPS) is 19.6. The average molecular weight is 202 g/mol. The number of carbonyl (C=O) groups is 3. The zero-order chi connectivity index (χ0) is 10.7. The first-order chi connectivity index (χ1) is 6.54. The number of primary amides is 1. The molecule has 0 aromatic rings. The van der Waals surface area contributed by atoms with E-state index < -0.39 is 24.1 Å². The van der Waals surface area contributed by atoms with E-state index in [1.165, 1.54) is 0 Å². The van der Waals surface area contributed by atoms with E-state index >= 15 is 0 Å². The van der Waals surface area contributed by atoms with E-state index in [4.69, 9.17) is 11.0 Å². The molecule has 0 radical (unpaired) electrons. The maximum Gasteiger partial charge on any atom is 0.371 e. The first-order valence-electron chi connectivity index (χ1n) is 3.35. The molecule has 9 nitrogen and oxygen atoms in total. The standard InChI is InChI=1S/C5H6N4O5/c6-4(11)8-2-1(3(10)14-13)7-5(12)9-2/h1,13H,(H4,6,7,8,9,11,12). The number of amides is 4. The van der Waals surface area contributed by atoms with Crippen LogP contribution in [0.3, 0.4) is 0 Å². The molecule has 0 fully saturated rings. The molecule has 1 unspecified atom stereocenters.